The van der Waals surface area contributed by atoms with Gasteiger partial charge in [0.2, 0.25) is 0 Å². The number of hydrogen-bond donors (Lipinski definition) is 1. The number of rotatable bonds is 10. The number of nitro groups is 1. The van der Waals surface area contributed by atoms with E-state index in [1.165, 1.54) is 44.1 Å². The first-order valence-corrected chi connectivity index (χ1v) is 9.07. The number of aliphatic hydroxyl groups is 1. The van der Waals surface area contributed by atoms with Crippen LogP contribution in [0.15, 0.2) is 24.3 Å². The molecule has 2 rings (SSSR count). The molecule has 0 spiro atoms. The second kappa shape index (κ2) is 9.14. The van der Waals surface area contributed by atoms with Gasteiger partial charge in [0.15, 0.2) is 0 Å². The van der Waals surface area contributed by atoms with Gasteiger partial charge in [0.1, 0.15) is 13.2 Å². The molecular weight excluding hydrogens is 306 g/mol. The molecule has 1 saturated heterocycles. The number of hydrogen-bond acceptors (Lipinski definition) is 4. The quantitative estimate of drug-likeness (QED) is 0.397. The number of aryl methyl sites for hydroxylation is 1. The van der Waals surface area contributed by atoms with Gasteiger partial charge in [-0.2, -0.15) is 0 Å². The van der Waals surface area contributed by atoms with Crippen molar-refractivity contribution in [2.24, 2.45) is 0 Å². The van der Waals surface area contributed by atoms with Crippen molar-refractivity contribution < 1.29 is 14.8 Å². The van der Waals surface area contributed by atoms with Gasteiger partial charge in [-0.05, 0) is 24.0 Å². The van der Waals surface area contributed by atoms with E-state index in [-0.39, 0.29) is 19.1 Å². The number of benzene rings is 1. The molecule has 1 fully saturated rings. The Balaban J connectivity index is 1.81. The zero-order valence-electron chi connectivity index (χ0n) is 14.6. The summed E-state index contributed by atoms with van der Waals surface area (Å²) in [6.07, 6.45) is 8.73. The Labute approximate surface area is 144 Å². The van der Waals surface area contributed by atoms with Crippen molar-refractivity contribution >= 4 is 0 Å². The van der Waals surface area contributed by atoms with Gasteiger partial charge >= 0.3 is 0 Å². The number of nitrogens with zero attached hydrogens (tertiary/aromatic N) is 1. The van der Waals surface area contributed by atoms with Crippen LogP contribution in [0.1, 0.15) is 69.1 Å². The molecule has 1 aliphatic rings. The first-order valence-electron chi connectivity index (χ1n) is 9.07. The summed E-state index contributed by atoms with van der Waals surface area (Å²) in [6.45, 7) is 1.72. The lowest BCUT2D eigenvalue weighted by Crippen LogP contribution is -2.42. The van der Waals surface area contributed by atoms with Gasteiger partial charge in [-0.15, -0.1) is 0 Å². The van der Waals surface area contributed by atoms with Crippen molar-refractivity contribution in [3.63, 3.8) is 0 Å². The van der Waals surface area contributed by atoms with Crippen LogP contribution in [0, 0.1) is 10.1 Å². The average molecular weight is 335 g/mol. The minimum absolute atomic E-state index is 0.0271. The SMILES string of the molecule is CCCCCCCCc1ccc([C@@H]2C[C@](CO)([N+](=O)[O-])CO2)cc1. The van der Waals surface area contributed by atoms with Crippen LogP contribution in [0.25, 0.3) is 0 Å². The van der Waals surface area contributed by atoms with E-state index in [0.717, 1.165) is 12.0 Å². The minimum Gasteiger partial charge on any atom is -0.389 e. The molecule has 1 N–H and O–H groups in total. The van der Waals surface area contributed by atoms with E-state index in [1.807, 2.05) is 12.1 Å². The minimum atomic E-state index is -1.35. The van der Waals surface area contributed by atoms with Crippen LogP contribution >= 0.6 is 0 Å². The number of unbranched alkanes of at least 4 members (excludes halogenated alkanes) is 5. The summed E-state index contributed by atoms with van der Waals surface area (Å²) in [6, 6.07) is 8.20. The first-order chi connectivity index (χ1) is 11.6. The smallest absolute Gasteiger partial charge is 0.270 e. The summed E-state index contributed by atoms with van der Waals surface area (Å²) in [5, 5.41) is 20.5. The predicted octanol–water partition coefficient (Wildman–Crippen LogP) is 4.06. The van der Waals surface area contributed by atoms with Gasteiger partial charge in [0.25, 0.3) is 5.54 Å². The molecule has 0 saturated carbocycles. The van der Waals surface area contributed by atoms with Gasteiger partial charge in [-0.3, -0.25) is 10.1 Å². The van der Waals surface area contributed by atoms with Crippen LogP contribution in [0.3, 0.4) is 0 Å². The van der Waals surface area contributed by atoms with E-state index in [4.69, 9.17) is 4.74 Å². The van der Waals surface area contributed by atoms with Gasteiger partial charge in [0.05, 0.1) is 12.5 Å². The lowest BCUT2D eigenvalue weighted by Gasteiger charge is -2.15. The molecule has 0 radical (unpaired) electrons. The molecule has 2 atom stereocenters. The van der Waals surface area contributed by atoms with Gasteiger partial charge < -0.3 is 9.84 Å². The molecule has 0 amide bonds. The second-order valence-electron chi connectivity index (χ2n) is 6.90. The van der Waals surface area contributed by atoms with Crippen molar-refractivity contribution in [2.75, 3.05) is 13.2 Å². The molecule has 0 unspecified atom stereocenters. The fourth-order valence-corrected chi connectivity index (χ4v) is 3.24. The summed E-state index contributed by atoms with van der Waals surface area (Å²) < 4.78 is 5.58. The Morgan fingerprint density at radius 2 is 1.88 bits per heavy atom. The second-order valence-corrected chi connectivity index (χ2v) is 6.90. The highest BCUT2D eigenvalue weighted by molar-refractivity contribution is 5.25. The fourth-order valence-electron chi connectivity index (χ4n) is 3.24. The highest BCUT2D eigenvalue weighted by Crippen LogP contribution is 2.36. The maximum Gasteiger partial charge on any atom is 0.270 e. The zero-order valence-corrected chi connectivity index (χ0v) is 14.6. The monoisotopic (exact) mass is 335 g/mol. The molecule has 0 aliphatic carbocycles. The molecule has 5 heteroatoms. The van der Waals surface area contributed by atoms with E-state index in [0.29, 0.717) is 0 Å². The number of ether oxygens (including phenoxy) is 1. The third-order valence-corrected chi connectivity index (χ3v) is 4.97. The predicted molar refractivity (Wildman–Crippen MR) is 93.6 cm³/mol. The summed E-state index contributed by atoms with van der Waals surface area (Å²) >= 11 is 0. The third-order valence-electron chi connectivity index (χ3n) is 4.97. The van der Waals surface area contributed by atoms with Crippen molar-refractivity contribution in [3.05, 3.63) is 45.5 Å². The standard InChI is InChI=1S/C19H29NO4/c1-2-3-4-5-6-7-8-16-9-11-17(12-10-16)18-13-19(14-21,15-24-18)20(22)23/h9-12,18,21H,2-8,13-15H2,1H3/t18-,19+/m0/s1. The molecule has 1 aromatic rings. The molecule has 0 aromatic heterocycles. The average Bonchev–Trinajstić information content (AvgIpc) is 3.04. The fraction of sp³-hybridized carbons (Fsp3) is 0.684. The topological polar surface area (TPSA) is 72.6 Å². The Morgan fingerprint density at radius 3 is 2.46 bits per heavy atom. The molecule has 1 aliphatic heterocycles. The zero-order chi connectivity index (χ0) is 17.4. The molecule has 134 valence electrons. The van der Waals surface area contributed by atoms with E-state index >= 15 is 0 Å². The highest BCUT2D eigenvalue weighted by atomic mass is 16.6. The van der Waals surface area contributed by atoms with Crippen LogP contribution in [0.2, 0.25) is 0 Å². The van der Waals surface area contributed by atoms with Crippen LogP contribution in [-0.4, -0.2) is 28.8 Å². The molecule has 0 bridgehead atoms. The summed E-state index contributed by atoms with van der Waals surface area (Å²) in [5.41, 5.74) is 0.913. The van der Waals surface area contributed by atoms with Crippen LogP contribution in [0.4, 0.5) is 0 Å². The Hall–Kier alpha value is -1.46. The van der Waals surface area contributed by atoms with Crippen molar-refractivity contribution in [1.82, 2.24) is 0 Å². The van der Waals surface area contributed by atoms with Crippen molar-refractivity contribution in [3.8, 4) is 0 Å². The number of aliphatic hydroxyl groups excluding tert-OH is 1. The van der Waals surface area contributed by atoms with E-state index in [1.54, 1.807) is 0 Å². The van der Waals surface area contributed by atoms with Gasteiger partial charge in [-0.25, -0.2) is 0 Å². The van der Waals surface area contributed by atoms with Crippen LogP contribution < -0.4 is 0 Å². The first kappa shape index (κ1) is 18.9. The van der Waals surface area contributed by atoms with Crippen LogP contribution in [0.5, 0.6) is 0 Å². The van der Waals surface area contributed by atoms with Crippen molar-refractivity contribution in [1.29, 1.82) is 0 Å². The van der Waals surface area contributed by atoms with Gasteiger partial charge in [0, 0.05) is 4.92 Å². The maximum absolute atomic E-state index is 11.2. The van der Waals surface area contributed by atoms with Gasteiger partial charge in [-0.1, -0.05) is 63.3 Å². The van der Waals surface area contributed by atoms with Crippen molar-refractivity contribution in [2.45, 2.75) is 69.9 Å². The Morgan fingerprint density at radius 1 is 1.21 bits per heavy atom. The largest absolute Gasteiger partial charge is 0.389 e. The lowest BCUT2D eigenvalue weighted by atomic mass is 9.94. The molecule has 1 aromatic carbocycles. The summed E-state index contributed by atoms with van der Waals surface area (Å²) in [7, 11) is 0. The van der Waals surface area contributed by atoms with E-state index in [2.05, 4.69) is 19.1 Å². The molecule has 24 heavy (non-hydrogen) atoms. The lowest BCUT2D eigenvalue weighted by molar-refractivity contribution is -0.570. The summed E-state index contributed by atoms with van der Waals surface area (Å²) in [4.78, 5) is 10.8. The molecule has 1 heterocycles. The normalized spacial score (nSPS) is 23.5. The Bertz CT molecular complexity index is 517. The van der Waals surface area contributed by atoms with Crippen LogP contribution in [-0.2, 0) is 11.2 Å². The van der Waals surface area contributed by atoms with E-state index < -0.39 is 17.1 Å². The highest BCUT2D eigenvalue weighted by Gasteiger charge is 2.51. The Kier molecular flexibility index (Phi) is 7.18. The van der Waals surface area contributed by atoms with E-state index in [9.17, 15) is 15.2 Å². The molecular formula is C19H29NO4. The third kappa shape index (κ3) is 4.77. The maximum atomic E-state index is 11.2. The molecule has 5 nitrogen and oxygen atoms in total. The summed E-state index contributed by atoms with van der Waals surface area (Å²) in [5.74, 6) is 0.